The fourth-order valence-corrected chi connectivity index (χ4v) is 2.57. The first-order chi connectivity index (χ1) is 11.9. The number of rotatable bonds is 6. The third kappa shape index (κ3) is 2.96. The number of aromatic amines is 1. The standard InChI is InChI=1S/C17H17N7/c1-2-5-13(6-3-1)17-22-21-16-9-8-15(23-24(16)17)18-11-4-7-14-10-12-19-20-14/h1-3,5-6,8-10,12H,4,7,11H2,(H,18,23)(H,19,20). The quantitative estimate of drug-likeness (QED) is 0.534. The van der Waals surface area contributed by atoms with E-state index >= 15 is 0 Å². The molecule has 120 valence electrons. The van der Waals surface area contributed by atoms with Gasteiger partial charge >= 0.3 is 0 Å². The van der Waals surface area contributed by atoms with Gasteiger partial charge in [0.25, 0.3) is 0 Å². The van der Waals surface area contributed by atoms with Crippen molar-refractivity contribution in [2.75, 3.05) is 11.9 Å². The van der Waals surface area contributed by atoms with Crippen LogP contribution in [0.3, 0.4) is 0 Å². The molecule has 3 heterocycles. The number of fused-ring (bicyclic) bond motifs is 1. The number of hydrogen-bond donors (Lipinski definition) is 2. The van der Waals surface area contributed by atoms with Gasteiger partial charge in [0, 0.05) is 24.0 Å². The van der Waals surface area contributed by atoms with Crippen LogP contribution >= 0.6 is 0 Å². The summed E-state index contributed by atoms with van der Waals surface area (Å²) in [6, 6.07) is 15.8. The average Bonchev–Trinajstić information content (AvgIpc) is 3.29. The number of hydrogen-bond acceptors (Lipinski definition) is 5. The summed E-state index contributed by atoms with van der Waals surface area (Å²) in [5, 5.41) is 23.3. The van der Waals surface area contributed by atoms with E-state index in [9.17, 15) is 0 Å². The van der Waals surface area contributed by atoms with Crippen LogP contribution in [0, 0.1) is 0 Å². The molecule has 3 aromatic heterocycles. The predicted octanol–water partition coefficient (Wildman–Crippen LogP) is 2.56. The van der Waals surface area contributed by atoms with Crippen LogP contribution in [0.5, 0.6) is 0 Å². The van der Waals surface area contributed by atoms with Crippen LogP contribution in [-0.4, -0.2) is 36.6 Å². The van der Waals surface area contributed by atoms with E-state index in [1.165, 1.54) is 0 Å². The zero-order valence-electron chi connectivity index (χ0n) is 13.1. The van der Waals surface area contributed by atoms with Crippen molar-refractivity contribution in [2.45, 2.75) is 12.8 Å². The van der Waals surface area contributed by atoms with Crippen molar-refractivity contribution >= 4 is 11.5 Å². The van der Waals surface area contributed by atoms with Gasteiger partial charge in [-0.25, -0.2) is 0 Å². The Hall–Kier alpha value is -3.22. The molecule has 0 spiro atoms. The van der Waals surface area contributed by atoms with E-state index in [-0.39, 0.29) is 0 Å². The molecule has 0 aliphatic rings. The van der Waals surface area contributed by atoms with E-state index in [0.717, 1.165) is 47.9 Å². The smallest absolute Gasteiger partial charge is 0.185 e. The number of benzene rings is 1. The van der Waals surface area contributed by atoms with Gasteiger partial charge < -0.3 is 5.32 Å². The molecule has 0 amide bonds. The molecule has 0 saturated heterocycles. The van der Waals surface area contributed by atoms with E-state index in [1.807, 2.05) is 48.5 Å². The van der Waals surface area contributed by atoms with Crippen LogP contribution in [0.2, 0.25) is 0 Å². The SMILES string of the molecule is c1ccc(-c2nnc3ccc(NCCCc4ccn[nH]4)nn23)cc1. The monoisotopic (exact) mass is 319 g/mol. The van der Waals surface area contributed by atoms with Crippen molar-refractivity contribution < 1.29 is 0 Å². The molecule has 2 N–H and O–H groups in total. The third-order valence-electron chi connectivity index (χ3n) is 3.78. The molecule has 24 heavy (non-hydrogen) atoms. The summed E-state index contributed by atoms with van der Waals surface area (Å²) in [5.41, 5.74) is 2.87. The highest BCUT2D eigenvalue weighted by Gasteiger charge is 2.09. The first-order valence-electron chi connectivity index (χ1n) is 7.90. The molecule has 0 fully saturated rings. The maximum atomic E-state index is 4.61. The molecule has 4 rings (SSSR count). The van der Waals surface area contributed by atoms with Crippen molar-refractivity contribution in [3.05, 3.63) is 60.4 Å². The number of anilines is 1. The zero-order valence-corrected chi connectivity index (χ0v) is 13.1. The molecule has 0 aliphatic heterocycles. The Balaban J connectivity index is 1.48. The highest BCUT2D eigenvalue weighted by atomic mass is 15.4. The lowest BCUT2D eigenvalue weighted by Crippen LogP contribution is -2.07. The van der Waals surface area contributed by atoms with Crippen molar-refractivity contribution in [3.63, 3.8) is 0 Å². The van der Waals surface area contributed by atoms with E-state index in [0.29, 0.717) is 0 Å². The molecule has 0 bridgehead atoms. The van der Waals surface area contributed by atoms with E-state index < -0.39 is 0 Å². The number of aromatic nitrogens is 6. The van der Waals surface area contributed by atoms with E-state index in [2.05, 4.69) is 30.8 Å². The summed E-state index contributed by atoms with van der Waals surface area (Å²) in [6.45, 7) is 0.834. The van der Waals surface area contributed by atoms with Gasteiger partial charge in [-0.3, -0.25) is 5.10 Å². The van der Waals surface area contributed by atoms with Crippen LogP contribution in [0.4, 0.5) is 5.82 Å². The summed E-state index contributed by atoms with van der Waals surface area (Å²) >= 11 is 0. The minimum absolute atomic E-state index is 0.733. The Bertz CT molecular complexity index is 913. The second kappa shape index (κ2) is 6.49. The van der Waals surface area contributed by atoms with Crippen LogP contribution in [-0.2, 0) is 6.42 Å². The van der Waals surface area contributed by atoms with Crippen molar-refractivity contribution in [1.29, 1.82) is 0 Å². The molecule has 0 unspecified atom stereocenters. The summed E-state index contributed by atoms with van der Waals surface area (Å²) in [6.07, 6.45) is 3.72. The Morgan fingerprint density at radius 2 is 1.92 bits per heavy atom. The number of nitrogens with zero attached hydrogens (tertiary/aromatic N) is 5. The van der Waals surface area contributed by atoms with Gasteiger partial charge in [0.05, 0.1) is 0 Å². The summed E-state index contributed by atoms with van der Waals surface area (Å²) in [4.78, 5) is 0. The second-order valence-electron chi connectivity index (χ2n) is 5.49. The summed E-state index contributed by atoms with van der Waals surface area (Å²) in [5.74, 6) is 1.55. The minimum atomic E-state index is 0.733. The van der Waals surface area contributed by atoms with Crippen LogP contribution in [0.15, 0.2) is 54.7 Å². The van der Waals surface area contributed by atoms with E-state index in [4.69, 9.17) is 0 Å². The van der Waals surface area contributed by atoms with Crippen LogP contribution in [0.25, 0.3) is 17.0 Å². The predicted molar refractivity (Wildman–Crippen MR) is 91.6 cm³/mol. The second-order valence-corrected chi connectivity index (χ2v) is 5.49. The first kappa shape index (κ1) is 14.4. The maximum Gasteiger partial charge on any atom is 0.185 e. The Morgan fingerprint density at radius 1 is 1.00 bits per heavy atom. The zero-order chi connectivity index (χ0) is 16.2. The van der Waals surface area contributed by atoms with Gasteiger partial charge in [-0.2, -0.15) is 9.61 Å². The molecule has 1 aromatic carbocycles. The van der Waals surface area contributed by atoms with Crippen molar-refractivity contribution in [3.8, 4) is 11.4 Å². The Kier molecular flexibility index (Phi) is 3.89. The van der Waals surface area contributed by atoms with Gasteiger partial charge in [0.1, 0.15) is 5.82 Å². The van der Waals surface area contributed by atoms with Gasteiger partial charge in [0.2, 0.25) is 0 Å². The Morgan fingerprint density at radius 3 is 2.75 bits per heavy atom. The molecule has 4 aromatic rings. The highest BCUT2D eigenvalue weighted by Crippen LogP contribution is 2.17. The number of aryl methyl sites for hydroxylation is 1. The molecule has 7 nitrogen and oxygen atoms in total. The molecule has 0 radical (unpaired) electrons. The topological polar surface area (TPSA) is 83.8 Å². The normalized spacial score (nSPS) is 11.0. The van der Waals surface area contributed by atoms with Crippen molar-refractivity contribution in [2.24, 2.45) is 0 Å². The van der Waals surface area contributed by atoms with Crippen molar-refractivity contribution in [1.82, 2.24) is 30.0 Å². The number of H-pyrrole nitrogens is 1. The molecule has 0 aliphatic carbocycles. The molecule has 0 atom stereocenters. The fraction of sp³-hybridized carbons (Fsp3) is 0.176. The molecule has 0 saturated carbocycles. The fourth-order valence-electron chi connectivity index (χ4n) is 2.57. The number of nitrogens with one attached hydrogen (secondary N) is 2. The lowest BCUT2D eigenvalue weighted by atomic mass is 10.2. The lowest BCUT2D eigenvalue weighted by Gasteiger charge is -2.06. The average molecular weight is 319 g/mol. The minimum Gasteiger partial charge on any atom is -0.369 e. The third-order valence-corrected chi connectivity index (χ3v) is 3.78. The van der Waals surface area contributed by atoms with Crippen LogP contribution < -0.4 is 5.32 Å². The molecular weight excluding hydrogens is 302 g/mol. The summed E-state index contributed by atoms with van der Waals surface area (Å²) < 4.78 is 1.77. The largest absolute Gasteiger partial charge is 0.369 e. The summed E-state index contributed by atoms with van der Waals surface area (Å²) in [7, 11) is 0. The first-order valence-corrected chi connectivity index (χ1v) is 7.90. The Labute approximate surface area is 138 Å². The lowest BCUT2D eigenvalue weighted by molar-refractivity contribution is 0.818. The van der Waals surface area contributed by atoms with Gasteiger partial charge in [-0.15, -0.1) is 15.3 Å². The van der Waals surface area contributed by atoms with Gasteiger partial charge in [0.15, 0.2) is 11.5 Å². The highest BCUT2D eigenvalue weighted by molar-refractivity contribution is 5.59. The maximum absolute atomic E-state index is 4.61. The van der Waals surface area contributed by atoms with Gasteiger partial charge in [-0.1, -0.05) is 30.3 Å². The molecular formula is C17H17N7. The van der Waals surface area contributed by atoms with E-state index in [1.54, 1.807) is 10.7 Å². The van der Waals surface area contributed by atoms with Gasteiger partial charge in [-0.05, 0) is 31.0 Å². The van der Waals surface area contributed by atoms with Crippen LogP contribution in [0.1, 0.15) is 12.1 Å². The molecule has 7 heteroatoms.